The van der Waals surface area contributed by atoms with E-state index >= 15 is 0 Å². The quantitative estimate of drug-likeness (QED) is 0.579. The smallest absolute Gasteiger partial charge is 0.206 e. The molecule has 0 atom stereocenters. The van der Waals surface area contributed by atoms with E-state index < -0.39 is 0 Å². The standard InChI is InChI=1S/C29H26NO/c1-3-9-21(10-4-1)27-19-26(20-28(31-27)22-11-5-2-6-12-22)25-17-23-13-7-15-30-16-8-14-24(18-25)29(23)30/h1-6,9-12,17-20H,7-8,13-16H2/q+1. The Morgan fingerprint density at radius 1 is 0.645 bits per heavy atom. The van der Waals surface area contributed by atoms with Gasteiger partial charge in [-0.2, -0.15) is 0 Å². The number of aryl methyl sites for hydroxylation is 2. The average molecular weight is 405 g/mol. The Kier molecular flexibility index (Phi) is 4.57. The summed E-state index contributed by atoms with van der Waals surface area (Å²) in [5.74, 6) is 1.81. The number of ether oxygens (including phenoxy) is 1. The van der Waals surface area contributed by atoms with Crippen LogP contribution in [0.15, 0.2) is 84.9 Å². The third kappa shape index (κ3) is 3.42. The summed E-state index contributed by atoms with van der Waals surface area (Å²) in [6, 6.07) is 25.7. The molecule has 0 amide bonds. The van der Waals surface area contributed by atoms with Crippen LogP contribution in [0, 0.1) is 0 Å². The van der Waals surface area contributed by atoms with Gasteiger partial charge >= 0.3 is 0 Å². The lowest BCUT2D eigenvalue weighted by Crippen LogP contribution is -2.44. The first-order valence-corrected chi connectivity index (χ1v) is 11.4. The van der Waals surface area contributed by atoms with Crippen LogP contribution in [0.5, 0.6) is 0 Å². The van der Waals surface area contributed by atoms with Crippen LogP contribution in [0.25, 0.3) is 17.1 Å². The largest absolute Gasteiger partial charge is 0.456 e. The van der Waals surface area contributed by atoms with Gasteiger partial charge in [-0.1, -0.05) is 60.7 Å². The summed E-state index contributed by atoms with van der Waals surface area (Å²) in [4.78, 5) is 0. The van der Waals surface area contributed by atoms with Gasteiger partial charge in [-0.25, -0.2) is 4.58 Å². The number of hydrogen-bond acceptors (Lipinski definition) is 1. The van der Waals surface area contributed by atoms with Crippen molar-refractivity contribution in [1.82, 2.24) is 4.58 Å². The molecule has 0 saturated carbocycles. The SMILES string of the molecule is C1=C(c2ccccc2)OC(c2ccccc2)=CC1=c1cc2c3c(c1)CCC[N+]=3CCC2. The number of rotatable bonds is 2. The summed E-state index contributed by atoms with van der Waals surface area (Å²) >= 11 is 0. The number of hydrogen-bond donors (Lipinski definition) is 0. The van der Waals surface area contributed by atoms with Crippen molar-refractivity contribution in [3.8, 4) is 0 Å². The highest BCUT2D eigenvalue weighted by Crippen LogP contribution is 2.32. The van der Waals surface area contributed by atoms with Crippen LogP contribution in [0.3, 0.4) is 0 Å². The Labute approximate surface area is 183 Å². The van der Waals surface area contributed by atoms with E-state index in [-0.39, 0.29) is 0 Å². The van der Waals surface area contributed by atoms with Crippen molar-refractivity contribution in [2.45, 2.75) is 25.7 Å². The molecule has 0 bridgehead atoms. The van der Waals surface area contributed by atoms with Crippen LogP contribution in [-0.2, 0) is 17.6 Å². The Morgan fingerprint density at radius 3 is 1.68 bits per heavy atom. The molecule has 0 unspecified atom stereocenters. The van der Waals surface area contributed by atoms with Gasteiger partial charge in [0.25, 0.3) is 0 Å². The highest BCUT2D eigenvalue weighted by Gasteiger charge is 2.24. The molecule has 3 aromatic carbocycles. The van der Waals surface area contributed by atoms with Crippen LogP contribution in [-0.4, -0.2) is 13.1 Å². The Balaban J connectivity index is 1.59. The lowest BCUT2D eigenvalue weighted by atomic mass is 9.93. The fourth-order valence-corrected chi connectivity index (χ4v) is 5.13. The predicted octanol–water partition coefficient (Wildman–Crippen LogP) is 4.33. The van der Waals surface area contributed by atoms with Gasteiger partial charge in [0.15, 0.2) is 0 Å². The fourth-order valence-electron chi connectivity index (χ4n) is 5.13. The van der Waals surface area contributed by atoms with E-state index in [9.17, 15) is 0 Å². The van der Waals surface area contributed by atoms with Gasteiger partial charge in [0.2, 0.25) is 5.36 Å². The Bertz CT molecular complexity index is 1230. The van der Waals surface area contributed by atoms with Gasteiger partial charge in [0, 0.05) is 35.1 Å². The van der Waals surface area contributed by atoms with E-state index in [1.807, 2.05) is 12.1 Å². The zero-order valence-corrected chi connectivity index (χ0v) is 17.7. The molecule has 31 heavy (non-hydrogen) atoms. The predicted molar refractivity (Wildman–Crippen MR) is 127 cm³/mol. The van der Waals surface area contributed by atoms with E-state index in [2.05, 4.69) is 77.4 Å². The first kappa shape index (κ1) is 18.4. The first-order valence-electron chi connectivity index (χ1n) is 11.4. The lowest BCUT2D eigenvalue weighted by Gasteiger charge is -2.20. The summed E-state index contributed by atoms with van der Waals surface area (Å²) in [6.07, 6.45) is 9.29. The summed E-state index contributed by atoms with van der Waals surface area (Å²) in [5.41, 5.74) is 6.47. The first-order chi connectivity index (χ1) is 15.3. The summed E-state index contributed by atoms with van der Waals surface area (Å²) in [6.45, 7) is 2.42. The molecule has 2 heteroatoms. The fraction of sp³-hybridized carbons (Fsp3) is 0.207. The van der Waals surface area contributed by atoms with Gasteiger partial charge in [-0.3, -0.25) is 0 Å². The van der Waals surface area contributed by atoms with Gasteiger partial charge in [0.05, 0.1) is 0 Å². The van der Waals surface area contributed by atoms with Crippen molar-refractivity contribution < 1.29 is 4.74 Å². The van der Waals surface area contributed by atoms with Gasteiger partial charge in [-0.15, -0.1) is 0 Å². The third-order valence-corrected chi connectivity index (χ3v) is 6.58. The van der Waals surface area contributed by atoms with E-state index in [1.165, 1.54) is 66.0 Å². The maximum atomic E-state index is 6.40. The molecule has 2 nitrogen and oxygen atoms in total. The minimum atomic E-state index is 0.907. The molecule has 0 aromatic heterocycles. The van der Waals surface area contributed by atoms with Crippen LogP contribution in [0.1, 0.15) is 35.1 Å². The van der Waals surface area contributed by atoms with E-state index in [4.69, 9.17) is 4.74 Å². The van der Waals surface area contributed by atoms with Gasteiger partial charge in [-0.05, 0) is 47.9 Å². The molecule has 0 radical (unpaired) electrons. The minimum absolute atomic E-state index is 0.907. The van der Waals surface area contributed by atoms with Crippen molar-refractivity contribution in [2.24, 2.45) is 0 Å². The molecule has 3 aliphatic rings. The van der Waals surface area contributed by atoms with Crippen LogP contribution < -0.4 is 15.2 Å². The molecule has 152 valence electrons. The number of nitrogens with zero attached hydrogens (tertiary/aromatic N) is 1. The molecule has 3 aromatic rings. The summed E-state index contributed by atoms with van der Waals surface area (Å²) < 4.78 is 9.00. The Morgan fingerprint density at radius 2 is 1.16 bits per heavy atom. The van der Waals surface area contributed by atoms with Crippen molar-refractivity contribution in [3.63, 3.8) is 0 Å². The molecular formula is C29H26NO+. The minimum Gasteiger partial charge on any atom is -0.456 e. The Hall–Kier alpha value is -3.39. The van der Waals surface area contributed by atoms with Crippen molar-refractivity contribution in [2.75, 3.05) is 13.1 Å². The maximum absolute atomic E-state index is 6.40. The van der Waals surface area contributed by atoms with E-state index in [0.29, 0.717) is 0 Å². The zero-order chi connectivity index (χ0) is 20.6. The molecule has 3 aliphatic heterocycles. The maximum Gasteiger partial charge on any atom is 0.206 e. The highest BCUT2D eigenvalue weighted by atomic mass is 16.5. The normalized spacial score (nSPS) is 17.4. The second-order valence-electron chi connectivity index (χ2n) is 8.64. The molecular weight excluding hydrogens is 378 g/mol. The highest BCUT2D eigenvalue weighted by molar-refractivity contribution is 5.88. The van der Waals surface area contributed by atoms with Gasteiger partial charge < -0.3 is 4.74 Å². The second kappa shape index (κ2) is 7.70. The van der Waals surface area contributed by atoms with E-state index in [0.717, 1.165) is 22.6 Å². The molecule has 0 N–H and O–H groups in total. The number of allylic oxidation sites excluding steroid dienone is 2. The monoisotopic (exact) mass is 404 g/mol. The van der Waals surface area contributed by atoms with E-state index in [1.54, 1.807) is 0 Å². The van der Waals surface area contributed by atoms with Crippen molar-refractivity contribution >= 4 is 17.1 Å². The van der Waals surface area contributed by atoms with Crippen LogP contribution >= 0.6 is 0 Å². The van der Waals surface area contributed by atoms with Crippen LogP contribution in [0.4, 0.5) is 0 Å². The molecule has 0 fully saturated rings. The number of benzene rings is 3. The lowest BCUT2D eigenvalue weighted by molar-refractivity contribution is 0.468. The third-order valence-electron chi connectivity index (χ3n) is 6.58. The molecule has 0 spiro atoms. The summed E-state index contributed by atoms with van der Waals surface area (Å²) in [5, 5.41) is 2.83. The average Bonchev–Trinajstić information content (AvgIpc) is 2.85. The second-order valence-corrected chi connectivity index (χ2v) is 8.64. The molecule has 6 rings (SSSR count). The zero-order valence-electron chi connectivity index (χ0n) is 17.7. The molecule has 0 saturated heterocycles. The van der Waals surface area contributed by atoms with Crippen LogP contribution in [0.2, 0.25) is 0 Å². The topological polar surface area (TPSA) is 12.2 Å². The summed E-state index contributed by atoms with van der Waals surface area (Å²) in [7, 11) is 0. The molecule has 0 aliphatic carbocycles. The van der Waals surface area contributed by atoms with Gasteiger partial charge in [0.1, 0.15) is 24.6 Å². The van der Waals surface area contributed by atoms with Crippen molar-refractivity contribution in [1.29, 1.82) is 0 Å². The van der Waals surface area contributed by atoms with Crippen molar-refractivity contribution in [3.05, 3.63) is 118 Å². The molecule has 3 heterocycles.